The monoisotopic (exact) mass is 345 g/mol. The Bertz CT molecular complexity index is 684. The molecule has 0 radical (unpaired) electrons. The minimum absolute atomic E-state index is 0.283. The number of hydrogen-bond donors (Lipinski definition) is 3. The van der Waals surface area contributed by atoms with Gasteiger partial charge in [0, 0.05) is 38.4 Å². The van der Waals surface area contributed by atoms with Gasteiger partial charge in [0.1, 0.15) is 12.4 Å². The van der Waals surface area contributed by atoms with E-state index in [9.17, 15) is 4.79 Å². The minimum atomic E-state index is -0.283. The highest BCUT2D eigenvalue weighted by molar-refractivity contribution is 5.91. The number of ether oxygens (including phenoxy) is 2. The lowest BCUT2D eigenvalue weighted by molar-refractivity contribution is 0.0323. The maximum absolute atomic E-state index is 11.7. The van der Waals surface area contributed by atoms with Crippen LogP contribution in [0.4, 0.5) is 10.5 Å². The highest BCUT2D eigenvalue weighted by Gasteiger charge is 2.13. The van der Waals surface area contributed by atoms with E-state index in [2.05, 4.69) is 25.7 Å². The van der Waals surface area contributed by atoms with E-state index in [4.69, 9.17) is 9.47 Å². The fraction of sp³-hybridized carbons (Fsp3) is 0.412. The summed E-state index contributed by atoms with van der Waals surface area (Å²) in [5.74, 6) is 0.635. The van der Waals surface area contributed by atoms with Crippen molar-refractivity contribution in [3.63, 3.8) is 0 Å². The van der Waals surface area contributed by atoms with E-state index in [1.165, 1.54) is 0 Å². The molecule has 25 heavy (non-hydrogen) atoms. The lowest BCUT2D eigenvalue weighted by atomic mass is 10.1. The van der Waals surface area contributed by atoms with Crippen LogP contribution in [0.15, 0.2) is 30.6 Å². The fourth-order valence-electron chi connectivity index (χ4n) is 2.63. The van der Waals surface area contributed by atoms with E-state index in [1.807, 2.05) is 24.4 Å². The van der Waals surface area contributed by atoms with Gasteiger partial charge in [-0.3, -0.25) is 10.00 Å². The number of urea groups is 1. The first-order valence-electron chi connectivity index (χ1n) is 8.31. The van der Waals surface area contributed by atoms with Crippen molar-refractivity contribution in [2.75, 3.05) is 51.8 Å². The number of aromatic nitrogens is 2. The zero-order valence-corrected chi connectivity index (χ0v) is 14.2. The molecule has 8 nitrogen and oxygen atoms in total. The molecule has 1 saturated heterocycles. The summed E-state index contributed by atoms with van der Waals surface area (Å²) in [5.41, 5.74) is 2.57. The maximum Gasteiger partial charge on any atom is 0.319 e. The van der Waals surface area contributed by atoms with Crippen molar-refractivity contribution in [1.29, 1.82) is 0 Å². The number of nitrogens with one attached hydrogen (secondary N) is 3. The van der Waals surface area contributed by atoms with Crippen molar-refractivity contribution in [2.24, 2.45) is 0 Å². The second kappa shape index (κ2) is 8.50. The number of benzene rings is 1. The number of carbonyl (C=O) groups is 1. The molecule has 1 aliphatic rings. The molecule has 0 bridgehead atoms. The first-order chi connectivity index (χ1) is 12.3. The van der Waals surface area contributed by atoms with Gasteiger partial charge in [0.05, 0.1) is 25.1 Å². The summed E-state index contributed by atoms with van der Waals surface area (Å²) in [7, 11) is 1.58. The van der Waals surface area contributed by atoms with Crippen molar-refractivity contribution in [2.45, 2.75) is 0 Å². The molecule has 1 aromatic carbocycles. The predicted octanol–water partition coefficient (Wildman–Crippen LogP) is 1.54. The van der Waals surface area contributed by atoms with Gasteiger partial charge in [-0.1, -0.05) is 6.07 Å². The summed E-state index contributed by atoms with van der Waals surface area (Å²) in [4.78, 5) is 14.0. The third-order valence-corrected chi connectivity index (χ3v) is 4.06. The van der Waals surface area contributed by atoms with Crippen molar-refractivity contribution < 1.29 is 14.3 Å². The van der Waals surface area contributed by atoms with Crippen LogP contribution in [0, 0.1) is 0 Å². The Labute approximate surface area is 146 Å². The van der Waals surface area contributed by atoms with Crippen LogP contribution < -0.4 is 15.4 Å². The number of morpholine rings is 1. The summed E-state index contributed by atoms with van der Waals surface area (Å²) in [6.45, 7) is 4.72. The van der Waals surface area contributed by atoms with Gasteiger partial charge in [-0.15, -0.1) is 0 Å². The van der Waals surface area contributed by atoms with Crippen molar-refractivity contribution in [3.8, 4) is 16.9 Å². The molecular weight excluding hydrogens is 322 g/mol. The molecular formula is C17H23N5O3. The SMILES string of the molecule is CNC(=O)Nc1ccc(-c2cn[nH]c2)cc1OCCN1CCOCC1. The molecule has 3 rings (SSSR count). The van der Waals surface area contributed by atoms with Crippen molar-refractivity contribution in [1.82, 2.24) is 20.4 Å². The van der Waals surface area contributed by atoms with Crippen LogP contribution in [-0.4, -0.2) is 67.6 Å². The van der Waals surface area contributed by atoms with Gasteiger partial charge in [0.25, 0.3) is 0 Å². The average Bonchev–Trinajstić information content (AvgIpc) is 3.18. The van der Waals surface area contributed by atoms with Gasteiger partial charge in [-0.25, -0.2) is 4.79 Å². The lowest BCUT2D eigenvalue weighted by Gasteiger charge is -2.26. The molecule has 2 amide bonds. The van der Waals surface area contributed by atoms with E-state index < -0.39 is 0 Å². The van der Waals surface area contributed by atoms with Crippen LogP contribution in [0.2, 0.25) is 0 Å². The summed E-state index contributed by atoms with van der Waals surface area (Å²) in [5, 5.41) is 12.1. The van der Waals surface area contributed by atoms with Crippen molar-refractivity contribution >= 4 is 11.7 Å². The standard InChI is InChI=1S/C17H23N5O3/c1-18-17(23)21-15-3-2-13(14-11-19-20-12-14)10-16(15)25-9-6-22-4-7-24-8-5-22/h2-3,10-12H,4-9H2,1H3,(H,19,20)(H2,18,21,23). The van der Waals surface area contributed by atoms with Crippen LogP contribution in [-0.2, 0) is 4.74 Å². The highest BCUT2D eigenvalue weighted by Crippen LogP contribution is 2.30. The molecule has 134 valence electrons. The molecule has 0 atom stereocenters. The molecule has 0 spiro atoms. The largest absolute Gasteiger partial charge is 0.490 e. The Kier molecular flexibility index (Phi) is 5.86. The number of hydrogen-bond acceptors (Lipinski definition) is 5. The van der Waals surface area contributed by atoms with Crippen LogP contribution in [0.1, 0.15) is 0 Å². The third kappa shape index (κ3) is 4.71. The van der Waals surface area contributed by atoms with Gasteiger partial charge in [0.2, 0.25) is 0 Å². The van der Waals surface area contributed by atoms with Crippen LogP contribution in [0.25, 0.3) is 11.1 Å². The second-order valence-electron chi connectivity index (χ2n) is 5.70. The van der Waals surface area contributed by atoms with Crippen LogP contribution >= 0.6 is 0 Å². The molecule has 8 heteroatoms. The maximum atomic E-state index is 11.7. The molecule has 3 N–H and O–H groups in total. The zero-order chi connectivity index (χ0) is 17.5. The van der Waals surface area contributed by atoms with Gasteiger partial charge in [-0.05, 0) is 17.7 Å². The molecule has 2 aromatic rings. The summed E-state index contributed by atoms with van der Waals surface area (Å²) >= 11 is 0. The Balaban J connectivity index is 1.70. The summed E-state index contributed by atoms with van der Waals surface area (Å²) in [6.07, 6.45) is 3.57. The fourth-order valence-corrected chi connectivity index (χ4v) is 2.63. The van der Waals surface area contributed by atoms with Gasteiger partial charge < -0.3 is 20.1 Å². The molecule has 1 aromatic heterocycles. The normalized spacial score (nSPS) is 14.9. The van der Waals surface area contributed by atoms with Crippen molar-refractivity contribution in [3.05, 3.63) is 30.6 Å². The summed E-state index contributed by atoms with van der Waals surface area (Å²) < 4.78 is 11.3. The highest BCUT2D eigenvalue weighted by atomic mass is 16.5. The van der Waals surface area contributed by atoms with E-state index >= 15 is 0 Å². The first kappa shape index (κ1) is 17.2. The van der Waals surface area contributed by atoms with Crippen LogP contribution in [0.5, 0.6) is 5.75 Å². The number of H-pyrrole nitrogens is 1. The van der Waals surface area contributed by atoms with Crippen LogP contribution in [0.3, 0.4) is 0 Å². The molecule has 1 fully saturated rings. The smallest absolute Gasteiger partial charge is 0.319 e. The topological polar surface area (TPSA) is 91.5 Å². The Hall–Kier alpha value is -2.58. The van der Waals surface area contributed by atoms with Gasteiger partial charge >= 0.3 is 6.03 Å². The van der Waals surface area contributed by atoms with E-state index in [0.717, 1.165) is 44.0 Å². The minimum Gasteiger partial charge on any atom is -0.490 e. The number of nitrogens with zero attached hydrogens (tertiary/aromatic N) is 2. The molecule has 2 heterocycles. The zero-order valence-electron chi connectivity index (χ0n) is 14.2. The van der Waals surface area contributed by atoms with Gasteiger partial charge in [0.15, 0.2) is 0 Å². The van der Waals surface area contributed by atoms with E-state index in [-0.39, 0.29) is 6.03 Å². The number of carbonyl (C=O) groups excluding carboxylic acids is 1. The first-order valence-corrected chi connectivity index (χ1v) is 8.31. The summed E-state index contributed by atoms with van der Waals surface area (Å²) in [6, 6.07) is 5.39. The molecule has 0 aliphatic carbocycles. The molecule has 0 unspecified atom stereocenters. The molecule has 0 saturated carbocycles. The lowest BCUT2D eigenvalue weighted by Crippen LogP contribution is -2.38. The van der Waals surface area contributed by atoms with E-state index in [1.54, 1.807) is 13.2 Å². The second-order valence-corrected chi connectivity index (χ2v) is 5.70. The quantitative estimate of drug-likeness (QED) is 0.739. The number of amides is 2. The predicted molar refractivity (Wildman–Crippen MR) is 94.9 cm³/mol. The average molecular weight is 345 g/mol. The number of aromatic amines is 1. The Morgan fingerprint density at radius 3 is 2.92 bits per heavy atom. The Morgan fingerprint density at radius 1 is 1.36 bits per heavy atom. The third-order valence-electron chi connectivity index (χ3n) is 4.06. The van der Waals surface area contributed by atoms with E-state index in [0.29, 0.717) is 18.0 Å². The number of rotatable bonds is 6. The molecule has 1 aliphatic heterocycles. The number of anilines is 1. The van der Waals surface area contributed by atoms with Gasteiger partial charge in [-0.2, -0.15) is 5.10 Å². The Morgan fingerprint density at radius 2 is 2.20 bits per heavy atom.